The van der Waals surface area contributed by atoms with E-state index >= 15 is 0 Å². The number of azo groups is 2. The third-order valence-electron chi connectivity index (χ3n) is 9.06. The second-order valence-corrected chi connectivity index (χ2v) is 13.0. The van der Waals surface area contributed by atoms with E-state index in [2.05, 4.69) is 64.4 Å². The first-order valence-electron chi connectivity index (χ1n) is 18.8. The van der Waals surface area contributed by atoms with Crippen LogP contribution in [0.3, 0.4) is 0 Å². The van der Waals surface area contributed by atoms with E-state index in [1.165, 1.54) is 51.7 Å². The van der Waals surface area contributed by atoms with E-state index in [1.54, 1.807) is 54.9 Å². The molecule has 22 nitrogen and oxygen atoms in total. The van der Waals surface area contributed by atoms with Crippen molar-refractivity contribution in [2.24, 2.45) is 20.5 Å². The molecule has 0 saturated carbocycles. The maximum absolute atomic E-state index is 12.7. The highest BCUT2D eigenvalue weighted by Gasteiger charge is 2.25. The molecule has 0 radical (unpaired) electrons. The molecule has 0 unspecified atom stereocenters. The van der Waals surface area contributed by atoms with Crippen molar-refractivity contribution in [3.63, 3.8) is 0 Å². The lowest BCUT2D eigenvalue weighted by molar-refractivity contribution is 0.0592. The number of nitrogens with two attached hydrogens (primary N) is 2. The number of nitrogen functional groups attached to an aromatic ring is 2. The highest BCUT2D eigenvalue weighted by Crippen LogP contribution is 2.36. The Morgan fingerprint density at radius 3 is 1.45 bits per heavy atom. The van der Waals surface area contributed by atoms with Gasteiger partial charge in [0, 0.05) is 18.5 Å². The minimum absolute atomic E-state index is 0.0742. The average molecular weight is 813 g/mol. The topological polar surface area (TPSA) is 277 Å². The molecular formula is C38H40N18O4. The maximum atomic E-state index is 12.7. The van der Waals surface area contributed by atoms with E-state index in [-0.39, 0.29) is 57.4 Å². The Hall–Kier alpha value is -8.04. The van der Waals surface area contributed by atoms with Crippen LogP contribution in [0.2, 0.25) is 0 Å². The zero-order valence-electron chi connectivity index (χ0n) is 33.1. The van der Waals surface area contributed by atoms with Crippen molar-refractivity contribution in [3.8, 4) is 23.3 Å². The van der Waals surface area contributed by atoms with Crippen LogP contribution in [0.15, 0.2) is 94.0 Å². The Labute approximate surface area is 342 Å². The van der Waals surface area contributed by atoms with Crippen molar-refractivity contribution in [3.05, 3.63) is 96.1 Å². The van der Waals surface area contributed by atoms with E-state index in [4.69, 9.17) is 31.1 Å². The number of pyridine rings is 2. The highest BCUT2D eigenvalue weighted by molar-refractivity contribution is 5.94. The number of rotatable bonds is 16. The molecule has 0 fully saturated rings. The van der Waals surface area contributed by atoms with Gasteiger partial charge in [0.25, 0.3) is 0 Å². The fraction of sp³-hybridized carbons (Fsp3) is 0.263. The predicted octanol–water partition coefficient (Wildman–Crippen LogP) is 6.26. The van der Waals surface area contributed by atoms with Gasteiger partial charge < -0.3 is 20.9 Å². The first kappa shape index (κ1) is 40.2. The molecule has 22 heteroatoms. The molecule has 7 heterocycles. The number of hydrogen-bond donors (Lipinski definition) is 2. The van der Waals surface area contributed by atoms with E-state index in [9.17, 15) is 9.59 Å². The molecule has 7 aromatic rings. The fourth-order valence-corrected chi connectivity index (χ4v) is 5.97. The number of unbranched alkanes of at least 4 members (excludes halogenated alkanes) is 2. The van der Waals surface area contributed by atoms with Crippen LogP contribution >= 0.6 is 0 Å². The minimum Gasteiger partial charge on any atom is -0.465 e. The number of nitrogens with zero attached hydrogens (tertiary/aromatic N) is 16. The largest absolute Gasteiger partial charge is 0.465 e. The van der Waals surface area contributed by atoms with Crippen LogP contribution in [0.25, 0.3) is 23.3 Å². The van der Waals surface area contributed by atoms with Gasteiger partial charge in [-0.1, -0.05) is 38.8 Å². The highest BCUT2D eigenvalue weighted by atomic mass is 16.5. The molecule has 60 heavy (non-hydrogen) atoms. The molecule has 0 spiro atoms. The number of esters is 2. The number of anilines is 2. The van der Waals surface area contributed by atoms with Gasteiger partial charge in [-0.15, -0.1) is 20.5 Å². The third-order valence-corrected chi connectivity index (χ3v) is 9.06. The first-order chi connectivity index (χ1) is 29.3. The fourth-order valence-electron chi connectivity index (χ4n) is 5.97. The van der Waals surface area contributed by atoms with Gasteiger partial charge >= 0.3 is 11.9 Å². The second kappa shape index (κ2) is 18.0. The van der Waals surface area contributed by atoms with E-state index in [0.717, 1.165) is 25.7 Å². The summed E-state index contributed by atoms with van der Waals surface area (Å²) in [6.45, 7) is 4.10. The van der Waals surface area contributed by atoms with Crippen LogP contribution in [-0.4, -0.2) is 85.2 Å². The maximum Gasteiger partial charge on any atom is 0.343 e. The van der Waals surface area contributed by atoms with Gasteiger partial charge in [-0.2, -0.15) is 39.1 Å². The normalized spacial score (nSPS) is 11.5. The van der Waals surface area contributed by atoms with E-state index in [1.807, 2.05) is 0 Å². The van der Waals surface area contributed by atoms with Gasteiger partial charge in [-0.05, 0) is 49.9 Å². The molecular weight excluding hydrogens is 773 g/mol. The Morgan fingerprint density at radius 1 is 0.617 bits per heavy atom. The zero-order valence-corrected chi connectivity index (χ0v) is 33.1. The van der Waals surface area contributed by atoms with Gasteiger partial charge in [0.1, 0.15) is 17.5 Å². The summed E-state index contributed by atoms with van der Waals surface area (Å²) in [7, 11) is 2.53. The molecule has 0 aliphatic carbocycles. The summed E-state index contributed by atoms with van der Waals surface area (Å²) in [5, 5.41) is 36.1. The number of carbonyl (C=O) groups is 2. The molecule has 7 aromatic heterocycles. The van der Waals surface area contributed by atoms with Crippen LogP contribution < -0.4 is 11.5 Å². The van der Waals surface area contributed by atoms with E-state index in [0.29, 0.717) is 35.9 Å². The molecule has 0 aromatic carbocycles. The lowest BCUT2D eigenvalue weighted by Gasteiger charge is -2.07. The van der Waals surface area contributed by atoms with Gasteiger partial charge in [-0.25, -0.2) is 29.5 Å². The quantitative estimate of drug-likeness (QED) is 0.0805. The van der Waals surface area contributed by atoms with Gasteiger partial charge in [0.05, 0.1) is 38.0 Å². The summed E-state index contributed by atoms with van der Waals surface area (Å²) < 4.78 is 15.6. The van der Waals surface area contributed by atoms with Crippen LogP contribution in [0.1, 0.15) is 71.6 Å². The summed E-state index contributed by atoms with van der Waals surface area (Å²) in [5.74, 6) is 0.477. The second-order valence-electron chi connectivity index (χ2n) is 13.0. The van der Waals surface area contributed by atoms with Crippen molar-refractivity contribution < 1.29 is 19.1 Å². The zero-order chi connectivity index (χ0) is 42.2. The minimum atomic E-state index is -0.656. The Morgan fingerprint density at radius 2 is 1.07 bits per heavy atom. The number of aryl methyl sites for hydroxylation is 2. The molecule has 0 amide bonds. The van der Waals surface area contributed by atoms with Crippen molar-refractivity contribution >= 4 is 46.6 Å². The average Bonchev–Trinajstić information content (AvgIpc) is 4.06. The standard InChI is InChI=1S/C38H40N18O4/c1-5-7-13-25-31(47-49-35-23(37(57)59-3)20-45-55(35)27-15-9-11-17-41-27)33(39)53(51-25)29-19-30(44-22-43-29)54-34(40)32(26(52-54)14-8-6-2)48-50-36-24(38(58)60-4)21-46-56(36)28-16-10-12-18-42-28/h9-12,15-22H,5-8,13-14,39-40H2,1-4H3. The number of carbonyl (C=O) groups excluding carboxylic acids is 2. The van der Waals surface area contributed by atoms with Crippen molar-refractivity contribution in [1.29, 1.82) is 0 Å². The molecule has 0 saturated heterocycles. The molecule has 306 valence electrons. The Balaban J connectivity index is 1.28. The van der Waals surface area contributed by atoms with Gasteiger partial charge in [0.15, 0.2) is 57.9 Å². The van der Waals surface area contributed by atoms with Gasteiger partial charge in [-0.3, -0.25) is 0 Å². The molecule has 0 bridgehead atoms. The molecule has 4 N–H and O–H groups in total. The van der Waals surface area contributed by atoms with Crippen LogP contribution in [0.5, 0.6) is 0 Å². The van der Waals surface area contributed by atoms with Crippen LogP contribution in [-0.2, 0) is 22.3 Å². The molecule has 0 aliphatic heterocycles. The summed E-state index contributed by atoms with van der Waals surface area (Å²) in [5.41, 5.74) is 15.3. The lowest BCUT2D eigenvalue weighted by atomic mass is 10.2. The third kappa shape index (κ3) is 8.05. The lowest BCUT2D eigenvalue weighted by Crippen LogP contribution is -2.09. The number of hydrogen-bond acceptors (Lipinski definition) is 18. The SMILES string of the molecule is CCCCc1nn(-c2cc(-n3nc(CCCC)c(N=Nc4c(C(=O)OC)cnn4-c4ccccn4)c3N)ncn2)c(N)c1N=Nc1c(C(=O)OC)cnn1-c1ccccn1. The molecule has 7 rings (SSSR count). The summed E-state index contributed by atoms with van der Waals surface area (Å²) in [6.07, 6.45) is 11.5. The van der Waals surface area contributed by atoms with Crippen molar-refractivity contribution in [2.45, 2.75) is 52.4 Å². The summed E-state index contributed by atoms with van der Waals surface area (Å²) >= 11 is 0. The molecule has 0 aliphatic rings. The van der Waals surface area contributed by atoms with Crippen molar-refractivity contribution in [2.75, 3.05) is 25.7 Å². The number of methoxy groups -OCH3 is 2. The van der Waals surface area contributed by atoms with Crippen LogP contribution in [0.4, 0.5) is 34.6 Å². The predicted molar refractivity (Wildman–Crippen MR) is 216 cm³/mol. The number of ether oxygens (including phenoxy) is 2. The van der Waals surface area contributed by atoms with E-state index < -0.39 is 11.9 Å². The Bertz CT molecular complexity index is 2500. The Kier molecular flexibility index (Phi) is 12.1. The molecule has 0 atom stereocenters. The summed E-state index contributed by atoms with van der Waals surface area (Å²) in [6, 6.07) is 12.1. The van der Waals surface area contributed by atoms with Crippen molar-refractivity contribution in [1.82, 2.24) is 59.1 Å². The summed E-state index contributed by atoms with van der Waals surface area (Å²) in [4.78, 5) is 43.0. The van der Waals surface area contributed by atoms with Crippen LogP contribution in [0, 0.1) is 0 Å². The monoisotopic (exact) mass is 812 g/mol. The first-order valence-corrected chi connectivity index (χ1v) is 18.8. The smallest absolute Gasteiger partial charge is 0.343 e. The number of aromatic nitrogens is 12. The van der Waals surface area contributed by atoms with Gasteiger partial charge in [0.2, 0.25) is 0 Å².